The van der Waals surface area contributed by atoms with E-state index in [1.54, 1.807) is 0 Å². The van der Waals surface area contributed by atoms with Gasteiger partial charge in [0.15, 0.2) is 0 Å². The molecule has 0 spiro atoms. The van der Waals surface area contributed by atoms with Crippen LogP contribution in [0.2, 0.25) is 5.02 Å². The smallest absolute Gasteiger partial charge is 0.0848 e. The summed E-state index contributed by atoms with van der Waals surface area (Å²) in [7, 11) is 0. The van der Waals surface area contributed by atoms with Gasteiger partial charge in [-0.05, 0) is 53.2 Å². The zero-order valence-corrected chi connectivity index (χ0v) is 14.5. The third-order valence-electron chi connectivity index (χ3n) is 3.48. The van der Waals surface area contributed by atoms with Crippen molar-refractivity contribution in [1.29, 1.82) is 0 Å². The van der Waals surface area contributed by atoms with E-state index < -0.39 is 0 Å². The van der Waals surface area contributed by atoms with Crippen LogP contribution in [0.4, 0.5) is 0 Å². The van der Waals surface area contributed by atoms with Gasteiger partial charge in [0.25, 0.3) is 0 Å². The minimum absolute atomic E-state index is 0.0771. The molecule has 0 saturated heterocycles. The van der Waals surface area contributed by atoms with Crippen LogP contribution >= 0.6 is 11.6 Å². The number of benzene rings is 1. The highest BCUT2D eigenvalue weighted by atomic mass is 35.5. The molecular weight excluding hydrogens is 282 g/mol. The molecule has 0 atom stereocenters. The molecule has 0 aliphatic heterocycles. The van der Waals surface area contributed by atoms with Gasteiger partial charge in [-0.25, -0.2) is 4.68 Å². The minimum atomic E-state index is 0.0771. The molecule has 0 saturated carbocycles. The average Bonchev–Trinajstić information content (AvgIpc) is 2.63. The fourth-order valence-electron chi connectivity index (χ4n) is 2.28. The molecule has 1 heterocycles. The van der Waals surface area contributed by atoms with E-state index in [2.05, 4.69) is 56.3 Å². The van der Waals surface area contributed by atoms with Crippen LogP contribution in [0, 0.1) is 20.8 Å². The van der Waals surface area contributed by atoms with E-state index in [9.17, 15) is 0 Å². The number of aromatic nitrogens is 2. The van der Waals surface area contributed by atoms with Gasteiger partial charge >= 0.3 is 0 Å². The second-order valence-corrected chi connectivity index (χ2v) is 7.01. The quantitative estimate of drug-likeness (QED) is 0.914. The van der Waals surface area contributed by atoms with Crippen molar-refractivity contribution in [3.8, 4) is 5.69 Å². The molecule has 4 heteroatoms. The molecule has 2 aromatic rings. The molecule has 0 unspecified atom stereocenters. The molecule has 1 N–H and O–H groups in total. The number of nitrogens with one attached hydrogen (secondary N) is 1. The summed E-state index contributed by atoms with van der Waals surface area (Å²) < 4.78 is 1.94. The zero-order valence-electron chi connectivity index (χ0n) is 13.7. The maximum Gasteiger partial charge on any atom is 0.0848 e. The fraction of sp³-hybridized carbons (Fsp3) is 0.471. The van der Waals surface area contributed by atoms with E-state index in [0.717, 1.165) is 28.6 Å². The lowest BCUT2D eigenvalue weighted by Crippen LogP contribution is -2.35. The van der Waals surface area contributed by atoms with Gasteiger partial charge in [0.1, 0.15) is 0 Å². The normalized spacial score (nSPS) is 12.0. The van der Waals surface area contributed by atoms with E-state index in [-0.39, 0.29) is 5.54 Å². The van der Waals surface area contributed by atoms with Crippen LogP contribution < -0.4 is 5.32 Å². The number of aryl methyl sites for hydroxylation is 2. The molecule has 0 aliphatic carbocycles. The van der Waals surface area contributed by atoms with Gasteiger partial charge in [-0.2, -0.15) is 5.10 Å². The van der Waals surface area contributed by atoms with Gasteiger partial charge in [0, 0.05) is 12.1 Å². The van der Waals surface area contributed by atoms with Crippen LogP contribution in [0.3, 0.4) is 0 Å². The number of nitrogens with zero attached hydrogens (tertiary/aromatic N) is 2. The number of rotatable bonds is 3. The summed E-state index contributed by atoms with van der Waals surface area (Å²) in [5.41, 5.74) is 5.49. The highest BCUT2D eigenvalue weighted by Crippen LogP contribution is 2.25. The van der Waals surface area contributed by atoms with Crippen LogP contribution in [-0.4, -0.2) is 15.3 Å². The van der Waals surface area contributed by atoms with Gasteiger partial charge in [0.05, 0.1) is 22.1 Å². The first kappa shape index (κ1) is 16.1. The van der Waals surface area contributed by atoms with Crippen LogP contribution in [0.5, 0.6) is 0 Å². The summed E-state index contributed by atoms with van der Waals surface area (Å²) in [6.45, 7) is 13.4. The molecule has 2 rings (SSSR count). The molecule has 114 valence electrons. The Balaban J connectivity index is 2.46. The van der Waals surface area contributed by atoms with Crippen molar-refractivity contribution in [3.05, 3.63) is 45.7 Å². The fourth-order valence-corrected chi connectivity index (χ4v) is 2.40. The van der Waals surface area contributed by atoms with Crippen molar-refractivity contribution in [1.82, 2.24) is 15.1 Å². The second kappa shape index (κ2) is 5.82. The first-order chi connectivity index (χ1) is 9.69. The molecule has 0 bridgehead atoms. The van der Waals surface area contributed by atoms with E-state index in [1.165, 1.54) is 11.1 Å². The third kappa shape index (κ3) is 3.66. The maximum absolute atomic E-state index is 6.28. The van der Waals surface area contributed by atoms with Gasteiger partial charge < -0.3 is 5.32 Å². The molecule has 21 heavy (non-hydrogen) atoms. The van der Waals surface area contributed by atoms with Crippen molar-refractivity contribution in [2.24, 2.45) is 0 Å². The van der Waals surface area contributed by atoms with Crippen molar-refractivity contribution < 1.29 is 0 Å². The Bertz CT molecular complexity index is 651. The lowest BCUT2D eigenvalue weighted by molar-refractivity contribution is 0.423. The van der Waals surface area contributed by atoms with Gasteiger partial charge in [0.2, 0.25) is 0 Å². The Hall–Kier alpha value is -1.32. The first-order valence-corrected chi connectivity index (χ1v) is 7.63. The molecule has 1 aromatic heterocycles. The molecule has 0 radical (unpaired) electrons. The Morgan fingerprint density at radius 2 is 1.86 bits per heavy atom. The standard InChI is InChI=1S/C17H24ClN3/c1-11-7-8-15(14(9-11)10-19-17(4,5)6)21-13(3)16(18)12(2)20-21/h7-9,19H,10H2,1-6H3. The molecule has 0 aliphatic rings. The second-order valence-electron chi connectivity index (χ2n) is 6.63. The lowest BCUT2D eigenvalue weighted by Gasteiger charge is -2.22. The predicted molar refractivity (Wildman–Crippen MR) is 89.4 cm³/mol. The largest absolute Gasteiger partial charge is 0.308 e. The van der Waals surface area contributed by atoms with Crippen molar-refractivity contribution >= 4 is 11.6 Å². The molecule has 0 fully saturated rings. The molecular formula is C17H24ClN3. The van der Waals surface area contributed by atoms with Gasteiger partial charge in [-0.3, -0.25) is 0 Å². The summed E-state index contributed by atoms with van der Waals surface area (Å²) in [6, 6.07) is 6.43. The predicted octanol–water partition coefficient (Wildman–Crippen LogP) is 4.34. The number of halogens is 1. The van der Waals surface area contributed by atoms with Crippen molar-refractivity contribution in [2.75, 3.05) is 0 Å². The Morgan fingerprint density at radius 3 is 2.38 bits per heavy atom. The topological polar surface area (TPSA) is 29.9 Å². The van der Waals surface area contributed by atoms with Crippen LogP contribution in [0.1, 0.15) is 43.3 Å². The maximum atomic E-state index is 6.28. The van der Waals surface area contributed by atoms with Crippen LogP contribution in [0.15, 0.2) is 18.2 Å². The first-order valence-electron chi connectivity index (χ1n) is 7.25. The SMILES string of the molecule is Cc1ccc(-n2nc(C)c(Cl)c2C)c(CNC(C)(C)C)c1. The van der Waals surface area contributed by atoms with Crippen LogP contribution in [-0.2, 0) is 6.54 Å². The average molecular weight is 306 g/mol. The number of hydrogen-bond donors (Lipinski definition) is 1. The molecule has 1 aromatic carbocycles. The Morgan fingerprint density at radius 1 is 1.19 bits per heavy atom. The summed E-state index contributed by atoms with van der Waals surface area (Å²) in [5.74, 6) is 0. The minimum Gasteiger partial charge on any atom is -0.308 e. The van der Waals surface area contributed by atoms with E-state index in [1.807, 2.05) is 18.5 Å². The van der Waals surface area contributed by atoms with Gasteiger partial charge in [-0.15, -0.1) is 0 Å². The van der Waals surface area contributed by atoms with E-state index >= 15 is 0 Å². The highest BCUT2D eigenvalue weighted by molar-refractivity contribution is 6.31. The lowest BCUT2D eigenvalue weighted by atomic mass is 10.1. The summed E-state index contributed by atoms with van der Waals surface area (Å²) in [4.78, 5) is 0. The van der Waals surface area contributed by atoms with Gasteiger partial charge in [-0.1, -0.05) is 29.3 Å². The van der Waals surface area contributed by atoms with Crippen molar-refractivity contribution in [2.45, 2.75) is 53.6 Å². The summed E-state index contributed by atoms with van der Waals surface area (Å²) in [6.07, 6.45) is 0. The van der Waals surface area contributed by atoms with Crippen LogP contribution in [0.25, 0.3) is 5.69 Å². The highest BCUT2D eigenvalue weighted by Gasteiger charge is 2.15. The van der Waals surface area contributed by atoms with E-state index in [0.29, 0.717) is 0 Å². The zero-order chi connectivity index (χ0) is 15.8. The molecule has 3 nitrogen and oxygen atoms in total. The Kier molecular flexibility index (Phi) is 4.45. The number of hydrogen-bond acceptors (Lipinski definition) is 2. The van der Waals surface area contributed by atoms with E-state index in [4.69, 9.17) is 11.6 Å². The van der Waals surface area contributed by atoms with Crippen molar-refractivity contribution in [3.63, 3.8) is 0 Å². The molecule has 0 amide bonds. The summed E-state index contributed by atoms with van der Waals surface area (Å²) >= 11 is 6.28. The Labute approximate surface area is 132 Å². The monoisotopic (exact) mass is 305 g/mol. The third-order valence-corrected chi connectivity index (χ3v) is 4.02. The summed E-state index contributed by atoms with van der Waals surface area (Å²) in [5, 5.41) is 8.86.